The fourth-order valence-electron chi connectivity index (χ4n) is 2.48. The Kier molecular flexibility index (Phi) is 5.75. The maximum Gasteiger partial charge on any atom is 0.0338 e. The first-order valence-electron chi connectivity index (χ1n) is 7.49. The fourth-order valence-corrected chi connectivity index (χ4v) is 2.48. The van der Waals surface area contributed by atoms with E-state index in [2.05, 4.69) is 54.5 Å². The molecule has 0 saturated heterocycles. The molecule has 0 radical (unpaired) electrons. The van der Waals surface area contributed by atoms with Gasteiger partial charge in [-0.25, -0.2) is 0 Å². The highest BCUT2D eigenvalue weighted by Crippen LogP contribution is 2.20. The van der Waals surface area contributed by atoms with E-state index in [4.69, 9.17) is 0 Å². The molecule has 0 spiro atoms. The summed E-state index contributed by atoms with van der Waals surface area (Å²) in [5, 5.41) is 3.64. The molecule has 0 amide bonds. The lowest BCUT2D eigenvalue weighted by molar-refractivity contribution is 0.498. The van der Waals surface area contributed by atoms with E-state index in [0.29, 0.717) is 6.04 Å². The van der Waals surface area contributed by atoms with Crippen LogP contribution in [0.2, 0.25) is 0 Å². The number of pyridine rings is 1. The minimum atomic E-state index is 0.392. The first-order chi connectivity index (χ1) is 9.81. The second kappa shape index (κ2) is 7.81. The number of rotatable bonds is 7. The second-order valence-corrected chi connectivity index (χ2v) is 5.26. The van der Waals surface area contributed by atoms with Crippen molar-refractivity contribution >= 4 is 0 Å². The van der Waals surface area contributed by atoms with Gasteiger partial charge in [0.1, 0.15) is 0 Å². The Morgan fingerprint density at radius 2 is 2.00 bits per heavy atom. The second-order valence-electron chi connectivity index (χ2n) is 5.26. The van der Waals surface area contributed by atoms with Crippen molar-refractivity contribution in [3.05, 3.63) is 65.5 Å². The fraction of sp³-hybridized carbons (Fsp3) is 0.389. The van der Waals surface area contributed by atoms with E-state index in [1.165, 1.54) is 16.7 Å². The molecular formula is C18H24N2. The van der Waals surface area contributed by atoms with Crippen LogP contribution in [0.15, 0.2) is 48.8 Å². The van der Waals surface area contributed by atoms with E-state index in [9.17, 15) is 0 Å². The number of benzene rings is 1. The summed E-state index contributed by atoms with van der Waals surface area (Å²) in [5.41, 5.74) is 4.11. The summed E-state index contributed by atoms with van der Waals surface area (Å²) in [4.78, 5) is 4.25. The molecule has 1 atom stereocenters. The smallest absolute Gasteiger partial charge is 0.0338 e. The molecule has 2 nitrogen and oxygen atoms in total. The first-order valence-corrected chi connectivity index (χ1v) is 7.49. The van der Waals surface area contributed by atoms with E-state index in [1.807, 2.05) is 18.5 Å². The maximum absolute atomic E-state index is 4.25. The average molecular weight is 268 g/mol. The van der Waals surface area contributed by atoms with Crippen molar-refractivity contribution in [2.24, 2.45) is 0 Å². The standard InChI is InChI=1S/C18H24N2/c1-3-12-20-18(17-9-6-13-19-14-17)11-10-16-8-5-4-7-15(16)2/h4-9,13-14,18,20H,3,10-12H2,1-2H3. The Balaban J connectivity index is 2.03. The van der Waals surface area contributed by atoms with Crippen LogP contribution in [0.1, 0.15) is 42.5 Å². The molecule has 0 fully saturated rings. The van der Waals surface area contributed by atoms with Crippen LogP contribution in [0.25, 0.3) is 0 Å². The van der Waals surface area contributed by atoms with E-state index in [0.717, 1.165) is 25.8 Å². The summed E-state index contributed by atoms with van der Waals surface area (Å²) < 4.78 is 0. The average Bonchev–Trinajstić information content (AvgIpc) is 2.50. The summed E-state index contributed by atoms with van der Waals surface area (Å²) in [6.07, 6.45) is 7.17. The van der Waals surface area contributed by atoms with E-state index < -0.39 is 0 Å². The Bertz CT molecular complexity index is 508. The van der Waals surface area contributed by atoms with Gasteiger partial charge in [0, 0.05) is 18.4 Å². The quantitative estimate of drug-likeness (QED) is 0.819. The van der Waals surface area contributed by atoms with Gasteiger partial charge in [0.15, 0.2) is 0 Å². The monoisotopic (exact) mass is 268 g/mol. The molecule has 0 aliphatic heterocycles. The zero-order chi connectivity index (χ0) is 14.2. The van der Waals surface area contributed by atoms with Gasteiger partial charge < -0.3 is 5.32 Å². The predicted octanol–water partition coefficient (Wildman–Crippen LogP) is 4.06. The van der Waals surface area contributed by atoms with Gasteiger partial charge in [-0.2, -0.15) is 0 Å². The highest BCUT2D eigenvalue weighted by atomic mass is 14.9. The van der Waals surface area contributed by atoms with Crippen LogP contribution < -0.4 is 5.32 Å². The predicted molar refractivity (Wildman–Crippen MR) is 84.8 cm³/mol. The summed E-state index contributed by atoms with van der Waals surface area (Å²) in [6.45, 7) is 5.44. The third-order valence-electron chi connectivity index (χ3n) is 3.69. The maximum atomic E-state index is 4.25. The van der Waals surface area contributed by atoms with E-state index >= 15 is 0 Å². The largest absolute Gasteiger partial charge is 0.310 e. The summed E-state index contributed by atoms with van der Waals surface area (Å²) in [5.74, 6) is 0. The molecule has 106 valence electrons. The van der Waals surface area contributed by atoms with Gasteiger partial charge in [-0.3, -0.25) is 4.98 Å². The molecule has 1 heterocycles. The van der Waals surface area contributed by atoms with Gasteiger partial charge in [-0.05, 0) is 55.5 Å². The van der Waals surface area contributed by atoms with Crippen molar-refractivity contribution in [1.82, 2.24) is 10.3 Å². The highest BCUT2D eigenvalue weighted by molar-refractivity contribution is 5.26. The normalized spacial score (nSPS) is 12.3. The van der Waals surface area contributed by atoms with E-state index in [-0.39, 0.29) is 0 Å². The van der Waals surface area contributed by atoms with Crippen molar-refractivity contribution in [1.29, 1.82) is 0 Å². The van der Waals surface area contributed by atoms with Crippen molar-refractivity contribution in [3.8, 4) is 0 Å². The van der Waals surface area contributed by atoms with Gasteiger partial charge in [0.25, 0.3) is 0 Å². The highest BCUT2D eigenvalue weighted by Gasteiger charge is 2.11. The molecular weight excluding hydrogens is 244 g/mol. The molecule has 1 aromatic carbocycles. The van der Waals surface area contributed by atoms with Gasteiger partial charge in [-0.1, -0.05) is 37.3 Å². The van der Waals surface area contributed by atoms with Gasteiger partial charge >= 0.3 is 0 Å². The Hall–Kier alpha value is -1.67. The number of aryl methyl sites for hydroxylation is 2. The van der Waals surface area contributed by atoms with Gasteiger partial charge in [0.2, 0.25) is 0 Å². The SMILES string of the molecule is CCCNC(CCc1ccccc1C)c1cccnc1. The number of aromatic nitrogens is 1. The van der Waals surface area contributed by atoms with Crippen molar-refractivity contribution in [3.63, 3.8) is 0 Å². The van der Waals surface area contributed by atoms with Crippen LogP contribution in [-0.2, 0) is 6.42 Å². The minimum Gasteiger partial charge on any atom is -0.310 e. The third-order valence-corrected chi connectivity index (χ3v) is 3.69. The number of nitrogens with one attached hydrogen (secondary N) is 1. The Morgan fingerprint density at radius 1 is 1.15 bits per heavy atom. The number of hydrogen-bond acceptors (Lipinski definition) is 2. The minimum absolute atomic E-state index is 0.392. The summed E-state index contributed by atoms with van der Waals surface area (Å²) in [6, 6.07) is 13.2. The molecule has 0 aliphatic carbocycles. The lowest BCUT2D eigenvalue weighted by atomic mass is 9.97. The Labute approximate surface area is 122 Å². The van der Waals surface area contributed by atoms with Crippen molar-refractivity contribution in [2.75, 3.05) is 6.54 Å². The molecule has 1 aromatic heterocycles. The van der Waals surface area contributed by atoms with Crippen LogP contribution in [0.5, 0.6) is 0 Å². The summed E-state index contributed by atoms with van der Waals surface area (Å²) in [7, 11) is 0. The molecule has 2 heteroatoms. The lowest BCUT2D eigenvalue weighted by Crippen LogP contribution is -2.23. The van der Waals surface area contributed by atoms with Crippen LogP contribution in [-0.4, -0.2) is 11.5 Å². The summed E-state index contributed by atoms with van der Waals surface area (Å²) >= 11 is 0. The molecule has 2 aromatic rings. The topological polar surface area (TPSA) is 24.9 Å². The van der Waals surface area contributed by atoms with Crippen LogP contribution in [0.3, 0.4) is 0 Å². The Morgan fingerprint density at radius 3 is 2.70 bits per heavy atom. The number of hydrogen-bond donors (Lipinski definition) is 1. The molecule has 1 N–H and O–H groups in total. The molecule has 2 rings (SSSR count). The number of nitrogens with zero attached hydrogens (tertiary/aromatic N) is 1. The molecule has 0 saturated carbocycles. The lowest BCUT2D eigenvalue weighted by Gasteiger charge is -2.19. The van der Waals surface area contributed by atoms with E-state index in [1.54, 1.807) is 0 Å². The van der Waals surface area contributed by atoms with Crippen LogP contribution in [0, 0.1) is 6.92 Å². The molecule has 0 aliphatic rings. The zero-order valence-electron chi connectivity index (χ0n) is 12.5. The third kappa shape index (κ3) is 4.17. The van der Waals surface area contributed by atoms with Gasteiger partial charge in [0.05, 0.1) is 0 Å². The van der Waals surface area contributed by atoms with Gasteiger partial charge in [-0.15, -0.1) is 0 Å². The van der Waals surface area contributed by atoms with Crippen molar-refractivity contribution in [2.45, 2.75) is 39.2 Å². The van der Waals surface area contributed by atoms with Crippen LogP contribution in [0.4, 0.5) is 0 Å². The first kappa shape index (κ1) is 14.7. The van der Waals surface area contributed by atoms with Crippen molar-refractivity contribution < 1.29 is 0 Å². The molecule has 1 unspecified atom stereocenters. The van der Waals surface area contributed by atoms with Crippen LogP contribution >= 0.6 is 0 Å². The molecule has 0 bridgehead atoms. The molecule has 20 heavy (non-hydrogen) atoms. The zero-order valence-corrected chi connectivity index (χ0v) is 12.5.